The number of nitrogens with zero attached hydrogens (tertiary/aromatic N) is 3. The molecule has 7 nitrogen and oxygen atoms in total. The van der Waals surface area contributed by atoms with Crippen LogP contribution in [0.1, 0.15) is 73.0 Å². The number of hydrogen-bond acceptors (Lipinski definition) is 4. The summed E-state index contributed by atoms with van der Waals surface area (Å²) in [5.41, 5.74) is -1.11. The van der Waals surface area contributed by atoms with Gasteiger partial charge in [0.1, 0.15) is 5.15 Å². The van der Waals surface area contributed by atoms with Crippen molar-refractivity contribution in [2.75, 3.05) is 13.1 Å². The topological polar surface area (TPSA) is 86.9 Å². The third-order valence-corrected chi connectivity index (χ3v) is 6.69. The minimum atomic E-state index is -4.64. The summed E-state index contributed by atoms with van der Waals surface area (Å²) in [4.78, 5) is 30.6. The second kappa shape index (κ2) is 9.13. The number of rotatable bonds is 7. The van der Waals surface area contributed by atoms with Crippen LogP contribution in [0.3, 0.4) is 0 Å². The Bertz CT molecular complexity index is 1070. The van der Waals surface area contributed by atoms with E-state index < -0.39 is 29.4 Å². The van der Waals surface area contributed by atoms with Crippen LogP contribution in [0.5, 0.6) is 0 Å². The fourth-order valence-corrected chi connectivity index (χ4v) is 4.69. The molecular formula is C22H26ClF3N4O3. The molecule has 2 saturated carbocycles. The molecule has 0 bridgehead atoms. The predicted molar refractivity (Wildman–Crippen MR) is 115 cm³/mol. The van der Waals surface area contributed by atoms with Crippen molar-refractivity contribution < 1.29 is 27.9 Å². The van der Waals surface area contributed by atoms with E-state index in [9.17, 15) is 27.9 Å². The summed E-state index contributed by atoms with van der Waals surface area (Å²) < 4.78 is 42.1. The van der Waals surface area contributed by atoms with Crippen molar-refractivity contribution in [2.45, 2.75) is 69.7 Å². The molecule has 0 aromatic carbocycles. The highest BCUT2D eigenvalue weighted by Gasteiger charge is 2.38. The number of pyridine rings is 1. The van der Waals surface area contributed by atoms with E-state index in [1.807, 2.05) is 0 Å². The molecule has 2 unspecified atom stereocenters. The summed E-state index contributed by atoms with van der Waals surface area (Å²) in [6, 6.07) is 0.987. The zero-order chi connectivity index (χ0) is 23.9. The number of hydrogen-bond donors (Lipinski definition) is 2. The highest BCUT2D eigenvalue weighted by atomic mass is 35.5. The summed E-state index contributed by atoms with van der Waals surface area (Å²) in [6.07, 6.45) is 0.138. The van der Waals surface area contributed by atoms with Crippen molar-refractivity contribution in [1.82, 2.24) is 19.6 Å². The monoisotopic (exact) mass is 486 g/mol. The van der Waals surface area contributed by atoms with Crippen LogP contribution in [0.2, 0.25) is 5.15 Å². The number of aliphatic hydroxyl groups is 1. The van der Waals surface area contributed by atoms with Crippen molar-refractivity contribution >= 4 is 29.1 Å². The first-order valence-electron chi connectivity index (χ1n) is 11.1. The zero-order valence-electron chi connectivity index (χ0n) is 18.2. The molecule has 11 heteroatoms. The molecule has 2 fully saturated rings. The summed E-state index contributed by atoms with van der Waals surface area (Å²) in [5, 5.41) is 12.2. The standard InChI is InChI=1S/C22H26ClF3N4O3/c1-2-17(32)29(14-5-6-15(31)10-14)8-7-27-21(33)18-19(23)30-11-13(12-3-4-12)9-16(20(30)28-18)22(24,25)26/h9,11-12,14-15,31H,2-8,10H2,1H3,(H,27,33). The molecule has 2 amide bonds. The number of carbonyl (C=O) groups is 2. The minimum Gasteiger partial charge on any atom is -0.393 e. The molecule has 2 aromatic rings. The maximum absolute atomic E-state index is 13.6. The number of amides is 2. The third-order valence-electron chi connectivity index (χ3n) is 6.33. The Morgan fingerprint density at radius 3 is 2.61 bits per heavy atom. The number of alkyl halides is 3. The Morgan fingerprint density at radius 2 is 2.03 bits per heavy atom. The summed E-state index contributed by atoms with van der Waals surface area (Å²) in [5.74, 6) is -0.737. The Hall–Kier alpha value is -2.33. The molecule has 0 aliphatic heterocycles. The lowest BCUT2D eigenvalue weighted by molar-refractivity contribution is -0.136. The van der Waals surface area contributed by atoms with Gasteiger partial charge in [0.15, 0.2) is 11.3 Å². The number of carbonyl (C=O) groups excluding carboxylic acids is 2. The van der Waals surface area contributed by atoms with E-state index in [-0.39, 0.29) is 41.8 Å². The molecule has 2 aromatic heterocycles. The van der Waals surface area contributed by atoms with Gasteiger partial charge in [-0.3, -0.25) is 14.0 Å². The maximum Gasteiger partial charge on any atom is 0.419 e. The lowest BCUT2D eigenvalue weighted by atomic mass is 10.1. The molecule has 0 spiro atoms. The van der Waals surface area contributed by atoms with Gasteiger partial charge < -0.3 is 15.3 Å². The Morgan fingerprint density at radius 1 is 1.30 bits per heavy atom. The van der Waals surface area contributed by atoms with Crippen molar-refractivity contribution in [2.24, 2.45) is 0 Å². The molecule has 4 rings (SSSR count). The molecule has 2 N–H and O–H groups in total. The van der Waals surface area contributed by atoms with Gasteiger partial charge >= 0.3 is 6.18 Å². The number of aliphatic hydroxyl groups excluding tert-OH is 1. The van der Waals surface area contributed by atoms with Gasteiger partial charge in [-0.25, -0.2) is 4.98 Å². The first kappa shape index (κ1) is 23.8. The largest absolute Gasteiger partial charge is 0.419 e. The minimum absolute atomic E-state index is 0.0578. The summed E-state index contributed by atoms with van der Waals surface area (Å²) in [7, 11) is 0. The molecule has 180 valence electrons. The molecule has 2 heterocycles. The van der Waals surface area contributed by atoms with Gasteiger partial charge in [-0.2, -0.15) is 13.2 Å². The summed E-state index contributed by atoms with van der Waals surface area (Å²) >= 11 is 6.29. The highest BCUT2D eigenvalue weighted by Crippen LogP contribution is 2.43. The number of nitrogens with one attached hydrogen (secondary N) is 1. The number of aromatic nitrogens is 2. The summed E-state index contributed by atoms with van der Waals surface area (Å²) in [6.45, 7) is 2.05. The van der Waals surface area contributed by atoms with E-state index in [1.54, 1.807) is 11.8 Å². The van der Waals surface area contributed by atoms with Gasteiger partial charge in [-0.05, 0) is 49.7 Å². The third kappa shape index (κ3) is 4.96. The van der Waals surface area contributed by atoms with Crippen LogP contribution in [0.25, 0.3) is 5.65 Å². The van der Waals surface area contributed by atoms with Crippen LogP contribution in [0.4, 0.5) is 13.2 Å². The second-order valence-corrected chi connectivity index (χ2v) is 9.08. The van der Waals surface area contributed by atoms with Crippen molar-refractivity contribution in [1.29, 1.82) is 0 Å². The fourth-order valence-electron chi connectivity index (χ4n) is 4.44. The second-order valence-electron chi connectivity index (χ2n) is 8.72. The quantitative estimate of drug-likeness (QED) is 0.624. The smallest absolute Gasteiger partial charge is 0.393 e. The van der Waals surface area contributed by atoms with Crippen molar-refractivity contribution in [3.05, 3.63) is 34.2 Å². The average molecular weight is 487 g/mol. The molecule has 2 aliphatic carbocycles. The SMILES string of the molecule is CCC(=O)N(CCNC(=O)c1nc2c(C(F)(F)F)cc(C3CC3)cn2c1Cl)C1CCC(O)C1. The van der Waals surface area contributed by atoms with Crippen LogP contribution >= 0.6 is 11.6 Å². The Kier molecular flexibility index (Phi) is 6.59. The molecule has 2 aliphatic rings. The number of imidazole rings is 1. The Balaban J connectivity index is 1.52. The van der Waals surface area contributed by atoms with Gasteiger partial charge in [0.25, 0.3) is 5.91 Å². The molecule has 2 atom stereocenters. The van der Waals surface area contributed by atoms with Crippen molar-refractivity contribution in [3.8, 4) is 0 Å². The van der Waals surface area contributed by atoms with Gasteiger partial charge in [0.05, 0.1) is 11.7 Å². The van der Waals surface area contributed by atoms with Crippen LogP contribution in [-0.4, -0.2) is 56.4 Å². The van der Waals surface area contributed by atoms with Gasteiger partial charge in [-0.15, -0.1) is 0 Å². The fraction of sp³-hybridized carbons (Fsp3) is 0.591. The Labute approximate surface area is 193 Å². The van der Waals surface area contributed by atoms with E-state index in [4.69, 9.17) is 11.6 Å². The molecular weight excluding hydrogens is 461 g/mol. The van der Waals surface area contributed by atoms with Crippen LogP contribution in [0.15, 0.2) is 12.3 Å². The van der Waals surface area contributed by atoms with Crippen LogP contribution < -0.4 is 5.32 Å². The van der Waals surface area contributed by atoms with E-state index in [0.717, 1.165) is 23.3 Å². The van der Waals surface area contributed by atoms with E-state index >= 15 is 0 Å². The van der Waals surface area contributed by atoms with Crippen molar-refractivity contribution in [3.63, 3.8) is 0 Å². The van der Waals surface area contributed by atoms with E-state index in [2.05, 4.69) is 10.3 Å². The maximum atomic E-state index is 13.6. The molecule has 33 heavy (non-hydrogen) atoms. The van der Waals surface area contributed by atoms with E-state index in [0.29, 0.717) is 31.2 Å². The number of fused-ring (bicyclic) bond motifs is 1. The number of halogens is 4. The highest BCUT2D eigenvalue weighted by molar-refractivity contribution is 6.33. The van der Waals surface area contributed by atoms with Crippen LogP contribution in [-0.2, 0) is 11.0 Å². The predicted octanol–water partition coefficient (Wildman–Crippen LogP) is 3.77. The first-order chi connectivity index (χ1) is 15.6. The normalized spacial score (nSPS) is 20.9. The zero-order valence-corrected chi connectivity index (χ0v) is 18.9. The van der Waals surface area contributed by atoms with E-state index in [1.165, 1.54) is 6.20 Å². The van der Waals surface area contributed by atoms with Crippen LogP contribution in [0, 0.1) is 0 Å². The lowest BCUT2D eigenvalue weighted by Crippen LogP contribution is -2.43. The molecule has 0 radical (unpaired) electrons. The average Bonchev–Trinajstić information content (AvgIpc) is 3.45. The molecule has 0 saturated heterocycles. The van der Waals surface area contributed by atoms with Gasteiger partial charge in [-0.1, -0.05) is 18.5 Å². The lowest BCUT2D eigenvalue weighted by Gasteiger charge is -2.29. The van der Waals surface area contributed by atoms with Gasteiger partial charge in [0.2, 0.25) is 5.91 Å². The first-order valence-corrected chi connectivity index (χ1v) is 11.5. The van der Waals surface area contributed by atoms with Gasteiger partial charge in [0, 0.05) is 31.7 Å².